The molecule has 2 aliphatic rings. The van der Waals surface area contributed by atoms with Gasteiger partial charge in [-0.05, 0) is 56.0 Å². The molecule has 0 spiro atoms. The van der Waals surface area contributed by atoms with Gasteiger partial charge in [-0.25, -0.2) is 0 Å². The minimum absolute atomic E-state index is 0.0447. The van der Waals surface area contributed by atoms with Gasteiger partial charge >= 0.3 is 0 Å². The summed E-state index contributed by atoms with van der Waals surface area (Å²) in [4.78, 5) is 27.1. The van der Waals surface area contributed by atoms with Crippen LogP contribution in [-0.2, 0) is 10.5 Å². The second kappa shape index (κ2) is 8.49. The van der Waals surface area contributed by atoms with Crippen molar-refractivity contribution in [1.82, 2.24) is 4.90 Å². The van der Waals surface area contributed by atoms with Crippen molar-refractivity contribution < 1.29 is 9.59 Å². The van der Waals surface area contributed by atoms with E-state index in [4.69, 9.17) is 0 Å². The minimum atomic E-state index is -0.280. The maximum Gasteiger partial charge on any atom is 0.253 e. The molecule has 2 aromatic carbocycles. The van der Waals surface area contributed by atoms with E-state index >= 15 is 0 Å². The van der Waals surface area contributed by atoms with Crippen LogP contribution in [0.25, 0.3) is 0 Å². The first kappa shape index (κ1) is 19.8. The van der Waals surface area contributed by atoms with Crippen LogP contribution in [-0.4, -0.2) is 41.6 Å². The summed E-state index contributed by atoms with van der Waals surface area (Å²) in [5, 5.41) is 6.32. The fourth-order valence-electron chi connectivity index (χ4n) is 3.84. The molecule has 4 rings (SSSR count). The fraction of sp³-hybridized carbons (Fsp3) is 0.391. The zero-order valence-electron chi connectivity index (χ0n) is 17.0. The number of nitrogens with zero attached hydrogens (tertiary/aromatic N) is 1. The van der Waals surface area contributed by atoms with Crippen LogP contribution in [0.15, 0.2) is 36.4 Å². The van der Waals surface area contributed by atoms with Crippen LogP contribution in [0, 0.1) is 13.8 Å². The molecular weight excluding hydrogens is 382 g/mol. The van der Waals surface area contributed by atoms with Crippen molar-refractivity contribution in [2.45, 2.75) is 38.5 Å². The van der Waals surface area contributed by atoms with Gasteiger partial charge < -0.3 is 15.5 Å². The second-order valence-corrected chi connectivity index (χ2v) is 8.92. The first-order valence-corrected chi connectivity index (χ1v) is 11.3. The van der Waals surface area contributed by atoms with E-state index in [0.717, 1.165) is 37.4 Å². The average molecular weight is 410 g/mol. The number of benzene rings is 2. The summed E-state index contributed by atoms with van der Waals surface area (Å²) >= 11 is 1.75. The second-order valence-electron chi connectivity index (χ2n) is 7.89. The molecule has 0 bridgehead atoms. The molecule has 0 saturated carbocycles. The van der Waals surface area contributed by atoms with Gasteiger partial charge in [0.1, 0.15) is 6.04 Å². The number of hydrogen-bond acceptors (Lipinski definition) is 4. The van der Waals surface area contributed by atoms with E-state index in [1.54, 1.807) is 17.8 Å². The van der Waals surface area contributed by atoms with Crippen LogP contribution >= 0.6 is 11.8 Å². The topological polar surface area (TPSA) is 61.4 Å². The van der Waals surface area contributed by atoms with Gasteiger partial charge in [0.05, 0.1) is 11.4 Å². The lowest BCUT2D eigenvalue weighted by Crippen LogP contribution is -2.40. The number of aryl methyl sites for hydroxylation is 2. The third-order valence-electron chi connectivity index (χ3n) is 5.61. The number of nitrogens with one attached hydrogen (secondary N) is 2. The molecule has 2 aromatic rings. The van der Waals surface area contributed by atoms with E-state index in [2.05, 4.69) is 42.7 Å². The van der Waals surface area contributed by atoms with Gasteiger partial charge in [-0.2, -0.15) is 11.8 Å². The van der Waals surface area contributed by atoms with Crippen molar-refractivity contribution in [3.05, 3.63) is 58.7 Å². The van der Waals surface area contributed by atoms with Crippen LogP contribution in [0.4, 0.5) is 11.4 Å². The molecule has 1 atom stereocenters. The molecule has 1 fully saturated rings. The van der Waals surface area contributed by atoms with Crippen molar-refractivity contribution in [2.75, 3.05) is 29.5 Å². The lowest BCUT2D eigenvalue weighted by atomic mass is 10.1. The molecule has 2 N–H and O–H groups in total. The smallest absolute Gasteiger partial charge is 0.253 e. The molecule has 0 aromatic heterocycles. The number of thioether (sulfide) groups is 1. The van der Waals surface area contributed by atoms with Crippen molar-refractivity contribution >= 4 is 35.0 Å². The molecule has 2 amide bonds. The number of amides is 2. The van der Waals surface area contributed by atoms with Crippen molar-refractivity contribution in [1.29, 1.82) is 0 Å². The Bertz CT molecular complexity index is 938. The van der Waals surface area contributed by atoms with E-state index in [1.165, 1.54) is 16.7 Å². The number of carbonyl (C=O) groups excluding carboxylic acids is 2. The summed E-state index contributed by atoms with van der Waals surface area (Å²) in [5.41, 5.74) is 6.06. The SMILES string of the molecule is Cc1ccc(C)c(CSCC2Nc3ccc(C(=O)N4CCCC4)cc3NC2=O)c1. The molecule has 2 aliphatic heterocycles. The molecule has 152 valence electrons. The Morgan fingerprint density at radius 2 is 1.90 bits per heavy atom. The van der Waals surface area contributed by atoms with Crippen LogP contribution in [0.5, 0.6) is 0 Å². The van der Waals surface area contributed by atoms with Gasteiger partial charge in [0.2, 0.25) is 5.91 Å². The molecule has 1 unspecified atom stereocenters. The predicted molar refractivity (Wildman–Crippen MR) is 120 cm³/mol. The van der Waals surface area contributed by atoms with Crippen LogP contribution < -0.4 is 10.6 Å². The molecule has 0 aliphatic carbocycles. The molecule has 29 heavy (non-hydrogen) atoms. The Kier molecular flexibility index (Phi) is 5.81. The Labute approximate surface area is 176 Å². The average Bonchev–Trinajstić information content (AvgIpc) is 3.25. The van der Waals surface area contributed by atoms with Crippen LogP contribution in [0.3, 0.4) is 0 Å². The predicted octanol–water partition coefficient (Wildman–Crippen LogP) is 4.21. The number of carbonyl (C=O) groups is 2. The monoisotopic (exact) mass is 409 g/mol. The lowest BCUT2D eigenvalue weighted by Gasteiger charge is -2.27. The van der Waals surface area contributed by atoms with E-state index in [0.29, 0.717) is 17.0 Å². The van der Waals surface area contributed by atoms with E-state index in [1.807, 2.05) is 17.0 Å². The first-order chi connectivity index (χ1) is 14.0. The molecule has 5 nitrogen and oxygen atoms in total. The highest BCUT2D eigenvalue weighted by Gasteiger charge is 2.27. The summed E-state index contributed by atoms with van der Waals surface area (Å²) in [6, 6.07) is 11.8. The summed E-state index contributed by atoms with van der Waals surface area (Å²) in [7, 11) is 0. The van der Waals surface area contributed by atoms with E-state index in [-0.39, 0.29) is 17.9 Å². The third-order valence-corrected chi connectivity index (χ3v) is 6.69. The van der Waals surface area contributed by atoms with Crippen molar-refractivity contribution in [3.63, 3.8) is 0 Å². The summed E-state index contributed by atoms with van der Waals surface area (Å²) in [5.74, 6) is 1.57. The molecular formula is C23H27N3O2S. The zero-order chi connectivity index (χ0) is 20.4. The Balaban J connectivity index is 1.38. The summed E-state index contributed by atoms with van der Waals surface area (Å²) in [6.45, 7) is 5.86. The van der Waals surface area contributed by atoms with Crippen molar-refractivity contribution in [3.8, 4) is 0 Å². The maximum absolute atomic E-state index is 12.6. The number of hydrogen-bond donors (Lipinski definition) is 2. The normalized spacial score (nSPS) is 18.2. The number of anilines is 2. The van der Waals surface area contributed by atoms with Crippen LogP contribution in [0.2, 0.25) is 0 Å². The van der Waals surface area contributed by atoms with Gasteiger partial charge in [0.15, 0.2) is 0 Å². The standard InChI is InChI=1S/C23H27N3O2S/c1-15-5-6-16(2)18(11-15)13-29-14-21-22(27)25-20-12-17(7-8-19(20)24-21)23(28)26-9-3-4-10-26/h5-8,11-12,21,24H,3-4,9-10,13-14H2,1-2H3,(H,25,27). The third kappa shape index (κ3) is 4.42. The Morgan fingerprint density at radius 3 is 2.69 bits per heavy atom. The van der Waals surface area contributed by atoms with Gasteiger partial charge in [0.25, 0.3) is 5.91 Å². The van der Waals surface area contributed by atoms with E-state index < -0.39 is 0 Å². The fourth-order valence-corrected chi connectivity index (χ4v) is 4.96. The molecule has 6 heteroatoms. The number of likely N-dealkylation sites (tertiary alicyclic amines) is 1. The zero-order valence-corrected chi connectivity index (χ0v) is 17.8. The molecule has 1 saturated heterocycles. The molecule has 2 heterocycles. The summed E-state index contributed by atoms with van der Waals surface area (Å²) < 4.78 is 0. The first-order valence-electron chi connectivity index (χ1n) is 10.2. The highest BCUT2D eigenvalue weighted by Crippen LogP contribution is 2.30. The lowest BCUT2D eigenvalue weighted by molar-refractivity contribution is -0.116. The van der Waals surface area contributed by atoms with Gasteiger partial charge in [0, 0.05) is 30.2 Å². The van der Waals surface area contributed by atoms with Gasteiger partial charge in [-0.1, -0.05) is 23.8 Å². The number of rotatable bonds is 5. The quantitative estimate of drug-likeness (QED) is 0.777. The Morgan fingerprint density at radius 1 is 1.10 bits per heavy atom. The highest BCUT2D eigenvalue weighted by molar-refractivity contribution is 7.98. The van der Waals surface area contributed by atoms with Gasteiger partial charge in [-0.3, -0.25) is 9.59 Å². The highest BCUT2D eigenvalue weighted by atomic mass is 32.2. The summed E-state index contributed by atoms with van der Waals surface area (Å²) in [6.07, 6.45) is 2.13. The largest absolute Gasteiger partial charge is 0.371 e. The minimum Gasteiger partial charge on any atom is -0.371 e. The van der Waals surface area contributed by atoms with E-state index in [9.17, 15) is 9.59 Å². The van der Waals surface area contributed by atoms with Crippen molar-refractivity contribution in [2.24, 2.45) is 0 Å². The molecule has 0 radical (unpaired) electrons. The number of fused-ring (bicyclic) bond motifs is 1. The Hall–Kier alpha value is -2.47. The van der Waals surface area contributed by atoms with Gasteiger partial charge in [-0.15, -0.1) is 0 Å². The van der Waals surface area contributed by atoms with Crippen LogP contribution in [0.1, 0.15) is 39.9 Å². The maximum atomic E-state index is 12.6.